The molecule has 1 saturated heterocycles. The molecule has 1 fully saturated rings. The Balaban J connectivity index is 1.45. The second-order valence-corrected chi connectivity index (χ2v) is 5.47. The summed E-state index contributed by atoms with van der Waals surface area (Å²) in [5.41, 5.74) is 3.28. The first-order valence-electron chi connectivity index (χ1n) is 7.22. The van der Waals surface area contributed by atoms with Gasteiger partial charge in [-0.1, -0.05) is 36.4 Å². The van der Waals surface area contributed by atoms with Crippen molar-refractivity contribution in [3.05, 3.63) is 65.2 Å². The first kappa shape index (κ1) is 13.2. The van der Waals surface area contributed by atoms with Crippen LogP contribution in [0.5, 0.6) is 5.75 Å². The molecule has 2 aromatic rings. The maximum Gasteiger partial charge on any atom is 0.347 e. The minimum atomic E-state index is -0.257. The predicted molar refractivity (Wildman–Crippen MR) is 79.7 cm³/mol. The van der Waals surface area contributed by atoms with Gasteiger partial charge in [0.25, 0.3) is 0 Å². The summed E-state index contributed by atoms with van der Waals surface area (Å²) in [4.78, 5) is 19.7. The Morgan fingerprint density at radius 2 is 1.91 bits per heavy atom. The summed E-state index contributed by atoms with van der Waals surface area (Å²) in [6.45, 7) is 1.20. The van der Waals surface area contributed by atoms with Crippen molar-refractivity contribution >= 4 is 6.03 Å². The lowest BCUT2D eigenvalue weighted by atomic mass is 10.1. The van der Waals surface area contributed by atoms with E-state index in [1.165, 1.54) is 5.06 Å². The molecule has 0 radical (unpaired) electrons. The molecule has 2 heterocycles. The zero-order valence-electron chi connectivity index (χ0n) is 12.2. The van der Waals surface area contributed by atoms with Crippen molar-refractivity contribution in [1.29, 1.82) is 0 Å². The molecule has 2 aliphatic rings. The van der Waals surface area contributed by atoms with Crippen LogP contribution in [0.15, 0.2) is 48.5 Å². The molecule has 0 bridgehead atoms. The van der Waals surface area contributed by atoms with Crippen molar-refractivity contribution in [2.45, 2.75) is 19.3 Å². The summed E-state index contributed by atoms with van der Waals surface area (Å²) in [6, 6.07) is 15.6. The van der Waals surface area contributed by atoms with E-state index in [0.717, 1.165) is 22.4 Å². The van der Waals surface area contributed by atoms with E-state index >= 15 is 0 Å². The van der Waals surface area contributed by atoms with Crippen molar-refractivity contribution in [2.24, 2.45) is 0 Å². The van der Waals surface area contributed by atoms with E-state index < -0.39 is 0 Å². The van der Waals surface area contributed by atoms with E-state index in [1.807, 2.05) is 48.5 Å². The van der Waals surface area contributed by atoms with Gasteiger partial charge in [0.15, 0.2) is 0 Å². The minimum absolute atomic E-state index is 0.0935. The van der Waals surface area contributed by atoms with Gasteiger partial charge in [-0.3, -0.25) is 0 Å². The van der Waals surface area contributed by atoms with Gasteiger partial charge in [0.1, 0.15) is 5.75 Å². The molecule has 2 aromatic carbocycles. The standard InChI is InChI=1S/C17H16N2O3/c1-21-15-8-7-13-10-18(11-14(13)9-15)17(20)19-16(22-19)12-5-3-2-4-6-12/h2-9,16H,10-11H2,1H3. The Morgan fingerprint density at radius 1 is 1.14 bits per heavy atom. The number of hydrogen-bond acceptors (Lipinski definition) is 3. The van der Waals surface area contributed by atoms with Gasteiger partial charge >= 0.3 is 6.03 Å². The van der Waals surface area contributed by atoms with E-state index in [4.69, 9.17) is 9.57 Å². The molecule has 4 rings (SSSR count). The van der Waals surface area contributed by atoms with Crippen molar-refractivity contribution in [1.82, 2.24) is 9.96 Å². The van der Waals surface area contributed by atoms with Gasteiger partial charge < -0.3 is 9.64 Å². The quantitative estimate of drug-likeness (QED) is 0.800. The number of rotatable bonds is 2. The van der Waals surface area contributed by atoms with Crippen LogP contribution >= 0.6 is 0 Å². The number of urea groups is 1. The zero-order chi connectivity index (χ0) is 15.1. The SMILES string of the molecule is COc1ccc2c(c1)CN(C(=O)N1OC1c1ccccc1)C2. The summed E-state index contributed by atoms with van der Waals surface area (Å²) in [7, 11) is 1.65. The lowest BCUT2D eigenvalue weighted by Gasteiger charge is -2.14. The van der Waals surface area contributed by atoms with Gasteiger partial charge in [-0.2, -0.15) is 5.06 Å². The van der Waals surface area contributed by atoms with E-state index in [-0.39, 0.29) is 12.3 Å². The van der Waals surface area contributed by atoms with Gasteiger partial charge in [-0.05, 0) is 23.3 Å². The fourth-order valence-corrected chi connectivity index (χ4v) is 2.81. The summed E-state index contributed by atoms with van der Waals surface area (Å²) >= 11 is 0. The number of carbonyl (C=O) groups excluding carboxylic acids is 1. The number of hydroxylamine groups is 2. The molecule has 22 heavy (non-hydrogen) atoms. The van der Waals surface area contributed by atoms with Gasteiger partial charge in [-0.25, -0.2) is 9.63 Å². The van der Waals surface area contributed by atoms with E-state index in [9.17, 15) is 4.79 Å². The first-order valence-corrected chi connectivity index (χ1v) is 7.22. The normalized spacial score (nSPS) is 19.0. The third-order valence-corrected chi connectivity index (χ3v) is 4.06. The number of benzene rings is 2. The number of ether oxygens (including phenoxy) is 1. The fourth-order valence-electron chi connectivity index (χ4n) is 2.81. The van der Waals surface area contributed by atoms with Gasteiger partial charge in [0.05, 0.1) is 7.11 Å². The molecule has 1 unspecified atom stereocenters. The number of fused-ring (bicyclic) bond motifs is 1. The Kier molecular flexibility index (Phi) is 3.01. The van der Waals surface area contributed by atoms with Gasteiger partial charge in [-0.15, -0.1) is 0 Å². The van der Waals surface area contributed by atoms with E-state index in [0.29, 0.717) is 13.1 Å². The molecule has 5 nitrogen and oxygen atoms in total. The summed E-state index contributed by atoms with van der Waals surface area (Å²) in [5, 5.41) is 1.43. The maximum absolute atomic E-state index is 12.5. The third-order valence-electron chi connectivity index (χ3n) is 4.06. The van der Waals surface area contributed by atoms with Crippen molar-refractivity contribution < 1.29 is 14.4 Å². The number of methoxy groups -OCH3 is 1. The lowest BCUT2D eigenvalue weighted by Crippen LogP contribution is -2.30. The average molecular weight is 296 g/mol. The van der Waals surface area contributed by atoms with Crippen LogP contribution in [0.3, 0.4) is 0 Å². The van der Waals surface area contributed by atoms with Crippen LogP contribution in [0.2, 0.25) is 0 Å². The minimum Gasteiger partial charge on any atom is -0.497 e. The second-order valence-electron chi connectivity index (χ2n) is 5.47. The van der Waals surface area contributed by atoms with E-state index in [2.05, 4.69) is 0 Å². The van der Waals surface area contributed by atoms with Crippen molar-refractivity contribution in [3.63, 3.8) is 0 Å². The smallest absolute Gasteiger partial charge is 0.347 e. The molecular weight excluding hydrogens is 280 g/mol. The van der Waals surface area contributed by atoms with E-state index in [1.54, 1.807) is 12.0 Å². The van der Waals surface area contributed by atoms with Crippen LogP contribution in [0, 0.1) is 0 Å². The Labute approximate surface area is 128 Å². The van der Waals surface area contributed by atoms with Gasteiger partial charge in [0.2, 0.25) is 6.23 Å². The highest BCUT2D eigenvalue weighted by Crippen LogP contribution is 2.39. The van der Waals surface area contributed by atoms with Crippen LogP contribution in [-0.4, -0.2) is 23.1 Å². The van der Waals surface area contributed by atoms with Crippen molar-refractivity contribution in [2.75, 3.05) is 7.11 Å². The predicted octanol–water partition coefficient (Wildman–Crippen LogP) is 3.08. The van der Waals surface area contributed by atoms with Gasteiger partial charge in [0, 0.05) is 18.7 Å². The number of nitrogens with zero attached hydrogens (tertiary/aromatic N) is 2. The number of hydrogen-bond donors (Lipinski definition) is 0. The molecule has 0 aromatic heterocycles. The van der Waals surface area contributed by atoms with Crippen LogP contribution < -0.4 is 4.74 Å². The van der Waals surface area contributed by atoms with Crippen molar-refractivity contribution in [3.8, 4) is 5.75 Å². The Bertz CT molecular complexity index is 717. The number of amides is 2. The second kappa shape index (κ2) is 5.03. The molecule has 112 valence electrons. The summed E-state index contributed by atoms with van der Waals surface area (Å²) < 4.78 is 5.23. The summed E-state index contributed by atoms with van der Waals surface area (Å²) in [6.07, 6.45) is -0.257. The van der Waals surface area contributed by atoms with Crippen LogP contribution in [-0.2, 0) is 17.9 Å². The highest BCUT2D eigenvalue weighted by Gasteiger charge is 2.45. The largest absolute Gasteiger partial charge is 0.497 e. The molecule has 2 amide bonds. The molecule has 1 atom stereocenters. The van der Waals surface area contributed by atoms with Crippen LogP contribution in [0.4, 0.5) is 4.79 Å². The average Bonchev–Trinajstić information content (AvgIpc) is 3.26. The Morgan fingerprint density at radius 3 is 2.68 bits per heavy atom. The summed E-state index contributed by atoms with van der Waals surface area (Å²) in [5.74, 6) is 0.818. The maximum atomic E-state index is 12.5. The Hall–Kier alpha value is -2.53. The molecular formula is C17H16N2O3. The highest BCUT2D eigenvalue weighted by atomic mass is 16.8. The molecule has 2 aliphatic heterocycles. The zero-order valence-corrected chi connectivity index (χ0v) is 12.2. The topological polar surface area (TPSA) is 45.1 Å². The molecule has 5 heteroatoms. The highest BCUT2D eigenvalue weighted by molar-refractivity contribution is 5.76. The van der Waals surface area contributed by atoms with Crippen LogP contribution in [0.1, 0.15) is 22.9 Å². The molecule has 0 saturated carbocycles. The fraction of sp³-hybridized carbons (Fsp3) is 0.235. The molecule has 0 N–H and O–H groups in total. The monoisotopic (exact) mass is 296 g/mol. The molecule has 0 spiro atoms. The molecule has 0 aliphatic carbocycles. The van der Waals surface area contributed by atoms with Crippen LogP contribution in [0.25, 0.3) is 0 Å². The lowest BCUT2D eigenvalue weighted by molar-refractivity contribution is 0.137. The third kappa shape index (κ3) is 2.19. The number of carbonyl (C=O) groups is 1. The first-order chi connectivity index (χ1) is 10.8.